The quantitative estimate of drug-likeness (QED) is 0.628. The van der Waals surface area contributed by atoms with Crippen LogP contribution in [-0.4, -0.2) is 33.9 Å². The predicted octanol–water partition coefficient (Wildman–Crippen LogP) is 2.87. The summed E-state index contributed by atoms with van der Waals surface area (Å²) in [5, 5.41) is -0.0712. The Morgan fingerprint density at radius 3 is 2.19 bits per heavy atom. The Labute approximate surface area is 168 Å². The van der Waals surface area contributed by atoms with E-state index in [1.165, 1.54) is 16.7 Å². The second-order valence-corrected chi connectivity index (χ2v) is 7.34. The highest BCUT2D eigenvalue weighted by Gasteiger charge is 2.47. The van der Waals surface area contributed by atoms with Gasteiger partial charge < -0.3 is 15.4 Å². The number of hydrogen-bond acceptors (Lipinski definition) is 5. The molecule has 2 N–H and O–H groups in total. The van der Waals surface area contributed by atoms with Crippen LogP contribution < -0.4 is 5.73 Å². The third-order valence-corrected chi connectivity index (χ3v) is 5.86. The van der Waals surface area contributed by atoms with Crippen LogP contribution in [0.5, 0.6) is 0 Å². The lowest BCUT2D eigenvalue weighted by Crippen LogP contribution is -2.66. The summed E-state index contributed by atoms with van der Waals surface area (Å²) in [5.41, 5.74) is 8.05. The number of nitrogens with zero attached hydrogens (tertiary/aromatic N) is 1. The number of hydrogen-bond donors (Lipinski definition) is 1. The lowest BCUT2D eigenvalue weighted by Gasteiger charge is -2.45. The highest BCUT2D eigenvalue weighted by atomic mass is 35.5. The first-order valence-electron chi connectivity index (χ1n) is 8.36. The Hall–Kier alpha value is -2.28. The molecular formula is C20H19ClN2O3S. The van der Waals surface area contributed by atoms with Crippen LogP contribution in [0.2, 0.25) is 0 Å². The van der Waals surface area contributed by atoms with Gasteiger partial charge in [0.15, 0.2) is 6.10 Å². The normalized spacial score (nSPS) is 20.9. The Bertz CT molecular complexity index is 821. The van der Waals surface area contributed by atoms with Crippen LogP contribution in [0.15, 0.2) is 72.4 Å². The Morgan fingerprint density at radius 2 is 1.63 bits per heavy atom. The Morgan fingerprint density at radius 1 is 1.07 bits per heavy atom. The molecule has 140 valence electrons. The van der Waals surface area contributed by atoms with Gasteiger partial charge in [-0.2, -0.15) is 0 Å². The summed E-state index contributed by atoms with van der Waals surface area (Å²) in [7, 11) is 0. The molecule has 2 aliphatic heterocycles. The molecule has 0 radical (unpaired) electrons. The van der Waals surface area contributed by atoms with Gasteiger partial charge in [0.05, 0.1) is 5.57 Å². The van der Waals surface area contributed by atoms with E-state index >= 15 is 0 Å². The van der Waals surface area contributed by atoms with Crippen molar-refractivity contribution in [1.29, 1.82) is 0 Å². The molecule has 0 aromatic heterocycles. The van der Waals surface area contributed by atoms with Gasteiger partial charge in [0.25, 0.3) is 0 Å². The lowest BCUT2D eigenvalue weighted by molar-refractivity contribution is -0.143. The molecule has 4 rings (SSSR count). The average molecular weight is 403 g/mol. The second kappa shape index (κ2) is 8.17. The topological polar surface area (TPSA) is 72.6 Å². The molecule has 27 heavy (non-hydrogen) atoms. The van der Waals surface area contributed by atoms with Crippen LogP contribution in [0.1, 0.15) is 17.2 Å². The van der Waals surface area contributed by atoms with Crippen LogP contribution in [0.3, 0.4) is 0 Å². The molecule has 2 aromatic carbocycles. The number of esters is 1. The molecule has 0 spiro atoms. The largest absolute Gasteiger partial charge is 0.449 e. The standard InChI is InChI=1S/C20H18N2O3S.ClH/c21-16-18(23)22-11-15(12-26-19(16)22)20(24)25-17(13-7-3-1-4-8-13)14-9-5-2-6-10-14;/h1-11,16-17,19H,12,21H2;1H/t16?,19-;/m1./s1. The summed E-state index contributed by atoms with van der Waals surface area (Å²) in [5.74, 6) is -0.0887. The van der Waals surface area contributed by atoms with Crippen molar-refractivity contribution in [3.63, 3.8) is 0 Å². The van der Waals surface area contributed by atoms with Gasteiger partial charge in [0.1, 0.15) is 11.4 Å². The van der Waals surface area contributed by atoms with Gasteiger partial charge in [0, 0.05) is 12.0 Å². The van der Waals surface area contributed by atoms with E-state index in [-0.39, 0.29) is 23.7 Å². The van der Waals surface area contributed by atoms with E-state index in [2.05, 4.69) is 0 Å². The molecule has 1 fully saturated rings. The number of benzene rings is 2. The maximum absolute atomic E-state index is 12.7. The zero-order valence-electron chi connectivity index (χ0n) is 14.4. The average Bonchev–Trinajstić information content (AvgIpc) is 2.72. The van der Waals surface area contributed by atoms with Gasteiger partial charge in [-0.05, 0) is 11.1 Å². The molecule has 0 saturated carbocycles. The van der Waals surface area contributed by atoms with E-state index in [0.717, 1.165) is 11.1 Å². The highest BCUT2D eigenvalue weighted by molar-refractivity contribution is 8.00. The van der Waals surface area contributed by atoms with Crippen molar-refractivity contribution in [1.82, 2.24) is 4.90 Å². The number of amides is 1. The second-order valence-electron chi connectivity index (χ2n) is 6.23. The predicted molar refractivity (Wildman–Crippen MR) is 107 cm³/mol. The van der Waals surface area contributed by atoms with Gasteiger partial charge in [-0.15, -0.1) is 24.2 Å². The fourth-order valence-electron chi connectivity index (χ4n) is 3.09. The van der Waals surface area contributed by atoms with E-state index in [1.807, 2.05) is 60.7 Å². The van der Waals surface area contributed by atoms with Crippen LogP contribution in [0.4, 0.5) is 0 Å². The van der Waals surface area contributed by atoms with Crippen molar-refractivity contribution in [2.24, 2.45) is 5.73 Å². The SMILES string of the molecule is Cl.NC1C(=O)N2C=C(C(=O)OC(c3ccccc3)c3ccccc3)CS[C@H]12. The molecule has 1 saturated heterocycles. The van der Waals surface area contributed by atoms with Crippen molar-refractivity contribution in [3.8, 4) is 0 Å². The van der Waals surface area contributed by atoms with Crippen LogP contribution in [0, 0.1) is 0 Å². The molecule has 2 atom stereocenters. The number of halogens is 1. The molecule has 2 aromatic rings. The molecule has 2 aliphatic rings. The van der Waals surface area contributed by atoms with Crippen molar-refractivity contribution in [3.05, 3.63) is 83.6 Å². The highest BCUT2D eigenvalue weighted by Crippen LogP contribution is 2.36. The summed E-state index contributed by atoms with van der Waals surface area (Å²) in [4.78, 5) is 26.1. The number of carbonyl (C=O) groups excluding carboxylic acids is 2. The summed E-state index contributed by atoms with van der Waals surface area (Å²) in [6.07, 6.45) is 1.09. The van der Waals surface area contributed by atoms with Gasteiger partial charge in [-0.3, -0.25) is 4.79 Å². The number of β-lactam (4-membered cyclic amide) rings is 1. The van der Waals surface area contributed by atoms with Crippen LogP contribution in [-0.2, 0) is 14.3 Å². The van der Waals surface area contributed by atoms with Crippen LogP contribution in [0.25, 0.3) is 0 Å². The molecular weight excluding hydrogens is 384 g/mol. The summed E-state index contributed by atoms with van der Waals surface area (Å²) in [6, 6.07) is 18.8. The van der Waals surface area contributed by atoms with Gasteiger partial charge in [0.2, 0.25) is 5.91 Å². The minimum Gasteiger partial charge on any atom is -0.449 e. The maximum Gasteiger partial charge on any atom is 0.337 e. The summed E-state index contributed by atoms with van der Waals surface area (Å²) in [6.45, 7) is 0. The number of carbonyl (C=O) groups is 2. The van der Waals surface area contributed by atoms with Crippen LogP contribution >= 0.6 is 24.2 Å². The molecule has 7 heteroatoms. The minimum absolute atomic E-state index is 0. The Kier molecular flexibility index (Phi) is 5.89. The molecule has 1 unspecified atom stereocenters. The Balaban J connectivity index is 0.00000210. The maximum atomic E-state index is 12.7. The van der Waals surface area contributed by atoms with E-state index in [4.69, 9.17) is 10.5 Å². The lowest BCUT2D eigenvalue weighted by atomic mass is 10.0. The van der Waals surface area contributed by atoms with E-state index in [9.17, 15) is 9.59 Å². The smallest absolute Gasteiger partial charge is 0.337 e. The number of fused-ring (bicyclic) bond motifs is 1. The zero-order valence-corrected chi connectivity index (χ0v) is 16.0. The third kappa shape index (κ3) is 3.74. The molecule has 0 bridgehead atoms. The van der Waals surface area contributed by atoms with E-state index < -0.39 is 18.1 Å². The first kappa shape index (κ1) is 19.5. The minimum atomic E-state index is -0.497. The molecule has 5 nitrogen and oxygen atoms in total. The number of thioether (sulfide) groups is 1. The number of nitrogens with two attached hydrogens (primary N) is 1. The van der Waals surface area contributed by atoms with Crippen molar-refractivity contribution >= 4 is 36.0 Å². The van der Waals surface area contributed by atoms with Crippen molar-refractivity contribution in [2.75, 3.05) is 5.75 Å². The summed E-state index contributed by atoms with van der Waals surface area (Å²) >= 11 is 1.49. The number of ether oxygens (including phenoxy) is 1. The van der Waals surface area contributed by atoms with E-state index in [0.29, 0.717) is 11.3 Å². The molecule has 0 aliphatic carbocycles. The number of rotatable bonds is 4. The molecule has 1 amide bonds. The summed E-state index contributed by atoms with van der Waals surface area (Å²) < 4.78 is 5.84. The first-order valence-corrected chi connectivity index (χ1v) is 9.41. The monoisotopic (exact) mass is 402 g/mol. The van der Waals surface area contributed by atoms with Gasteiger partial charge >= 0.3 is 5.97 Å². The van der Waals surface area contributed by atoms with Gasteiger partial charge in [-0.1, -0.05) is 60.7 Å². The fourth-order valence-corrected chi connectivity index (χ4v) is 4.28. The van der Waals surface area contributed by atoms with Crippen molar-refractivity contribution in [2.45, 2.75) is 17.5 Å². The fraction of sp³-hybridized carbons (Fsp3) is 0.200. The van der Waals surface area contributed by atoms with Gasteiger partial charge in [-0.25, -0.2) is 4.79 Å². The zero-order chi connectivity index (χ0) is 18.1. The third-order valence-electron chi connectivity index (χ3n) is 4.52. The van der Waals surface area contributed by atoms with E-state index in [1.54, 1.807) is 6.20 Å². The first-order chi connectivity index (χ1) is 12.6. The van der Waals surface area contributed by atoms with Crippen molar-refractivity contribution < 1.29 is 14.3 Å². The molecule has 2 heterocycles.